The lowest BCUT2D eigenvalue weighted by atomic mass is 10.1. The quantitative estimate of drug-likeness (QED) is 0.756. The second kappa shape index (κ2) is 5.41. The van der Waals surface area contributed by atoms with Gasteiger partial charge in [-0.05, 0) is 40.2 Å². The van der Waals surface area contributed by atoms with E-state index in [4.69, 9.17) is 11.5 Å². The second-order valence-corrected chi connectivity index (χ2v) is 5.66. The summed E-state index contributed by atoms with van der Waals surface area (Å²) in [6.45, 7) is 0.691. The van der Waals surface area contributed by atoms with Crippen LogP contribution in [0, 0.1) is 0 Å². The highest BCUT2D eigenvalue weighted by Crippen LogP contribution is 2.23. The Morgan fingerprint density at radius 2 is 2.17 bits per heavy atom. The van der Waals surface area contributed by atoms with Gasteiger partial charge in [0.05, 0.1) is 11.4 Å². The van der Waals surface area contributed by atoms with Crippen molar-refractivity contribution in [3.63, 3.8) is 0 Å². The number of thiophene rings is 1. The smallest absolute Gasteiger partial charge is 0.248 e. The summed E-state index contributed by atoms with van der Waals surface area (Å²) in [5.41, 5.74) is 12.8. The fourth-order valence-corrected chi connectivity index (χ4v) is 2.90. The number of amides is 1. The summed E-state index contributed by atoms with van der Waals surface area (Å²) in [5.74, 6) is -0.476. The minimum atomic E-state index is -0.476. The number of primary amides is 1. The lowest BCUT2D eigenvalue weighted by Crippen LogP contribution is -2.11. The Bertz CT molecular complexity index is 582. The van der Waals surface area contributed by atoms with Gasteiger partial charge in [-0.15, -0.1) is 11.3 Å². The number of hydrogen-bond acceptors (Lipinski definition) is 4. The third-order valence-corrected chi connectivity index (χ3v) is 4.11. The first-order chi connectivity index (χ1) is 8.56. The van der Waals surface area contributed by atoms with Crippen molar-refractivity contribution in [2.24, 2.45) is 5.73 Å². The Labute approximate surface area is 117 Å². The van der Waals surface area contributed by atoms with Gasteiger partial charge in [-0.2, -0.15) is 0 Å². The lowest BCUT2D eigenvalue weighted by Gasteiger charge is -2.09. The molecule has 2 rings (SSSR count). The van der Waals surface area contributed by atoms with Crippen LogP contribution in [0.3, 0.4) is 0 Å². The minimum absolute atomic E-state index is 0.414. The third-order valence-electron chi connectivity index (χ3n) is 2.41. The van der Waals surface area contributed by atoms with E-state index < -0.39 is 5.91 Å². The average Bonchev–Trinajstić information content (AvgIpc) is 2.73. The van der Waals surface area contributed by atoms with Crippen LogP contribution in [0.25, 0.3) is 0 Å². The number of anilines is 2. The molecule has 4 nitrogen and oxygen atoms in total. The predicted molar refractivity (Wildman–Crippen MR) is 78.7 cm³/mol. The molecular weight excluding hydrogens is 314 g/mol. The van der Waals surface area contributed by atoms with Crippen LogP contribution in [-0.4, -0.2) is 5.91 Å². The summed E-state index contributed by atoms with van der Waals surface area (Å²) in [7, 11) is 0. The van der Waals surface area contributed by atoms with E-state index in [1.165, 1.54) is 4.88 Å². The molecule has 0 aliphatic rings. The van der Waals surface area contributed by atoms with Gasteiger partial charge in [0.2, 0.25) is 5.91 Å². The van der Waals surface area contributed by atoms with Gasteiger partial charge in [0, 0.05) is 26.8 Å². The highest BCUT2D eigenvalue weighted by atomic mass is 79.9. The van der Waals surface area contributed by atoms with E-state index in [0.717, 1.165) is 10.2 Å². The van der Waals surface area contributed by atoms with E-state index in [0.29, 0.717) is 17.8 Å². The van der Waals surface area contributed by atoms with Gasteiger partial charge < -0.3 is 16.8 Å². The number of nitrogens with one attached hydrogen (secondary N) is 1. The van der Waals surface area contributed by atoms with Gasteiger partial charge in [0.25, 0.3) is 0 Å². The molecule has 1 amide bonds. The largest absolute Gasteiger partial charge is 0.397 e. The monoisotopic (exact) mass is 325 g/mol. The van der Waals surface area contributed by atoms with Gasteiger partial charge >= 0.3 is 0 Å². The predicted octanol–water partition coefficient (Wildman–Crippen LogP) is 2.80. The standard InChI is InChI=1S/C12H12BrN3OS/c13-8-4-9(18-6-8)5-16-11-2-1-7(12(15)17)3-10(11)14/h1-4,6,16H,5,14H2,(H2,15,17). The van der Waals surface area contributed by atoms with Crippen LogP contribution in [-0.2, 0) is 6.54 Å². The van der Waals surface area contributed by atoms with Crippen molar-refractivity contribution in [1.29, 1.82) is 0 Å². The summed E-state index contributed by atoms with van der Waals surface area (Å²) in [6, 6.07) is 7.05. The summed E-state index contributed by atoms with van der Waals surface area (Å²) in [4.78, 5) is 12.2. The molecule has 0 bridgehead atoms. The van der Waals surface area contributed by atoms with E-state index in [2.05, 4.69) is 21.2 Å². The SMILES string of the molecule is NC(=O)c1ccc(NCc2cc(Br)cs2)c(N)c1. The first-order valence-electron chi connectivity index (χ1n) is 5.22. The second-order valence-electron chi connectivity index (χ2n) is 3.75. The Kier molecular flexibility index (Phi) is 3.88. The van der Waals surface area contributed by atoms with E-state index in [1.54, 1.807) is 29.5 Å². The molecular formula is C12H12BrN3OS. The Balaban J connectivity index is 2.08. The highest BCUT2D eigenvalue weighted by molar-refractivity contribution is 9.10. The van der Waals surface area contributed by atoms with Crippen molar-refractivity contribution in [3.8, 4) is 0 Å². The zero-order valence-electron chi connectivity index (χ0n) is 9.44. The number of carbonyl (C=O) groups is 1. The Hall–Kier alpha value is -1.53. The van der Waals surface area contributed by atoms with Crippen LogP contribution in [0.4, 0.5) is 11.4 Å². The van der Waals surface area contributed by atoms with Crippen LogP contribution in [0.5, 0.6) is 0 Å². The number of rotatable bonds is 4. The zero-order valence-corrected chi connectivity index (χ0v) is 11.8. The number of benzene rings is 1. The van der Waals surface area contributed by atoms with Crippen molar-refractivity contribution < 1.29 is 4.79 Å². The van der Waals surface area contributed by atoms with Crippen LogP contribution >= 0.6 is 27.3 Å². The molecule has 0 spiro atoms. The molecule has 0 saturated heterocycles. The van der Waals surface area contributed by atoms with E-state index in [-0.39, 0.29) is 0 Å². The number of halogens is 1. The maximum absolute atomic E-state index is 11.0. The van der Waals surface area contributed by atoms with Crippen LogP contribution in [0.1, 0.15) is 15.2 Å². The molecule has 0 radical (unpaired) electrons. The van der Waals surface area contributed by atoms with E-state index in [9.17, 15) is 4.79 Å². The van der Waals surface area contributed by atoms with Gasteiger partial charge in [0.1, 0.15) is 0 Å². The fourth-order valence-electron chi connectivity index (χ4n) is 1.51. The first kappa shape index (κ1) is 12.9. The summed E-state index contributed by atoms with van der Waals surface area (Å²) in [6.07, 6.45) is 0. The number of nitrogen functional groups attached to an aromatic ring is 1. The zero-order chi connectivity index (χ0) is 13.1. The van der Waals surface area contributed by atoms with Crippen LogP contribution in [0.15, 0.2) is 34.1 Å². The first-order valence-corrected chi connectivity index (χ1v) is 6.89. The number of carbonyl (C=O) groups excluding carboxylic acids is 1. The van der Waals surface area contributed by atoms with Gasteiger partial charge in [-0.25, -0.2) is 0 Å². The van der Waals surface area contributed by atoms with Crippen molar-refractivity contribution in [3.05, 3.63) is 44.6 Å². The molecule has 1 aromatic heterocycles. The molecule has 2 aromatic rings. The van der Waals surface area contributed by atoms with E-state index in [1.807, 2.05) is 11.4 Å². The molecule has 0 aliphatic heterocycles. The normalized spacial score (nSPS) is 10.3. The lowest BCUT2D eigenvalue weighted by molar-refractivity contribution is 0.100. The van der Waals surface area contributed by atoms with Gasteiger partial charge in [-0.3, -0.25) is 4.79 Å². The van der Waals surface area contributed by atoms with Crippen LogP contribution < -0.4 is 16.8 Å². The maximum atomic E-state index is 11.0. The maximum Gasteiger partial charge on any atom is 0.248 e. The molecule has 1 aromatic carbocycles. The minimum Gasteiger partial charge on any atom is -0.397 e. The molecule has 18 heavy (non-hydrogen) atoms. The molecule has 94 valence electrons. The molecule has 0 saturated carbocycles. The third kappa shape index (κ3) is 3.02. The Morgan fingerprint density at radius 1 is 1.39 bits per heavy atom. The summed E-state index contributed by atoms with van der Waals surface area (Å²) in [5, 5.41) is 5.25. The molecule has 0 aliphatic carbocycles. The van der Waals surface area contributed by atoms with E-state index >= 15 is 0 Å². The van der Waals surface area contributed by atoms with Crippen LogP contribution in [0.2, 0.25) is 0 Å². The van der Waals surface area contributed by atoms with Gasteiger partial charge in [0.15, 0.2) is 0 Å². The number of hydrogen-bond donors (Lipinski definition) is 3. The van der Waals surface area contributed by atoms with Crippen molar-refractivity contribution in [2.45, 2.75) is 6.54 Å². The molecule has 6 heteroatoms. The molecule has 0 atom stereocenters. The fraction of sp³-hybridized carbons (Fsp3) is 0.0833. The topological polar surface area (TPSA) is 81.1 Å². The average molecular weight is 326 g/mol. The molecule has 0 fully saturated rings. The number of nitrogens with two attached hydrogens (primary N) is 2. The summed E-state index contributed by atoms with van der Waals surface area (Å²) < 4.78 is 1.07. The van der Waals surface area contributed by atoms with Crippen molar-refractivity contribution in [2.75, 3.05) is 11.1 Å². The van der Waals surface area contributed by atoms with Gasteiger partial charge in [-0.1, -0.05) is 0 Å². The molecule has 1 heterocycles. The highest BCUT2D eigenvalue weighted by Gasteiger charge is 2.05. The summed E-state index contributed by atoms with van der Waals surface area (Å²) >= 11 is 5.06. The Morgan fingerprint density at radius 3 is 2.72 bits per heavy atom. The van der Waals surface area contributed by atoms with Crippen molar-refractivity contribution in [1.82, 2.24) is 0 Å². The van der Waals surface area contributed by atoms with Crippen molar-refractivity contribution >= 4 is 44.5 Å². The molecule has 5 N–H and O–H groups in total. The molecule has 0 unspecified atom stereocenters.